The molecule has 16 heavy (non-hydrogen) atoms. The Kier molecular flexibility index (Phi) is 3.39. The normalized spacial score (nSPS) is 45.1. The zero-order valence-corrected chi connectivity index (χ0v) is 10.5. The molecule has 0 radical (unpaired) electrons. The summed E-state index contributed by atoms with van der Waals surface area (Å²) in [4.78, 5) is 10.7. The molecule has 0 aromatic carbocycles. The lowest BCUT2D eigenvalue weighted by Crippen LogP contribution is -2.41. The van der Waals surface area contributed by atoms with E-state index in [9.17, 15) is 9.90 Å². The van der Waals surface area contributed by atoms with Crippen LogP contribution in [0.1, 0.15) is 52.4 Å². The Morgan fingerprint density at radius 2 is 2.19 bits per heavy atom. The minimum absolute atomic E-state index is 0.0906. The maximum atomic E-state index is 10.7. The second-order valence-electron chi connectivity index (χ2n) is 6.14. The molecule has 4 unspecified atom stereocenters. The van der Waals surface area contributed by atoms with Gasteiger partial charge in [0, 0.05) is 6.42 Å². The van der Waals surface area contributed by atoms with E-state index in [4.69, 9.17) is 0 Å². The molecule has 2 fully saturated rings. The summed E-state index contributed by atoms with van der Waals surface area (Å²) >= 11 is 0. The molecule has 2 rings (SSSR count). The number of carbonyl (C=O) groups is 1. The summed E-state index contributed by atoms with van der Waals surface area (Å²) in [5, 5.41) is 10.1. The first kappa shape index (κ1) is 12.1. The van der Waals surface area contributed by atoms with Crippen molar-refractivity contribution in [2.75, 3.05) is 0 Å². The number of carbonyl (C=O) groups excluding carboxylic acids is 1. The largest absolute Gasteiger partial charge is 0.393 e. The quantitative estimate of drug-likeness (QED) is 0.748. The fourth-order valence-corrected chi connectivity index (χ4v) is 4.44. The lowest BCUT2D eigenvalue weighted by atomic mass is 9.61. The standard InChI is InChI=1S/C14H24O2/c1-10(7-9-15)11-5-6-12-13(16)4-3-8-14(11,12)2/h9-13,16H,3-8H2,1-2H3/t10-,11?,12?,13?,14?/m1/s1. The van der Waals surface area contributed by atoms with Gasteiger partial charge in [-0.2, -0.15) is 0 Å². The molecule has 2 saturated carbocycles. The predicted molar refractivity (Wildman–Crippen MR) is 64.0 cm³/mol. The highest BCUT2D eigenvalue weighted by Gasteiger charge is 2.51. The summed E-state index contributed by atoms with van der Waals surface area (Å²) < 4.78 is 0. The van der Waals surface area contributed by atoms with Gasteiger partial charge in [0.15, 0.2) is 0 Å². The molecule has 92 valence electrons. The van der Waals surface area contributed by atoms with Crippen LogP contribution in [0.4, 0.5) is 0 Å². The first-order valence-corrected chi connectivity index (χ1v) is 6.71. The lowest BCUT2D eigenvalue weighted by Gasteiger charge is -2.45. The van der Waals surface area contributed by atoms with Crippen LogP contribution in [0.15, 0.2) is 0 Å². The van der Waals surface area contributed by atoms with Gasteiger partial charge < -0.3 is 9.90 Å². The molecule has 0 saturated heterocycles. The molecule has 2 heteroatoms. The summed E-state index contributed by atoms with van der Waals surface area (Å²) in [6.45, 7) is 4.55. The number of hydrogen-bond acceptors (Lipinski definition) is 2. The SMILES string of the molecule is C[C@H](CC=O)C1CCC2C(O)CCCC21C. The lowest BCUT2D eigenvalue weighted by molar-refractivity contribution is -0.109. The Bertz CT molecular complexity index is 263. The molecule has 0 aromatic heterocycles. The number of aliphatic hydroxyl groups is 1. The van der Waals surface area contributed by atoms with Crippen LogP contribution in [0.25, 0.3) is 0 Å². The number of rotatable bonds is 3. The Morgan fingerprint density at radius 3 is 2.88 bits per heavy atom. The molecule has 2 aliphatic rings. The summed E-state index contributed by atoms with van der Waals surface area (Å²) in [7, 11) is 0. The Balaban J connectivity index is 2.14. The van der Waals surface area contributed by atoms with Crippen molar-refractivity contribution in [3.05, 3.63) is 0 Å². The summed E-state index contributed by atoms with van der Waals surface area (Å²) in [6, 6.07) is 0. The molecular weight excluding hydrogens is 200 g/mol. The third-order valence-electron chi connectivity index (χ3n) is 5.32. The fraction of sp³-hybridized carbons (Fsp3) is 0.929. The van der Waals surface area contributed by atoms with Crippen molar-refractivity contribution in [1.82, 2.24) is 0 Å². The second-order valence-corrected chi connectivity index (χ2v) is 6.14. The Hall–Kier alpha value is -0.370. The molecule has 5 atom stereocenters. The van der Waals surface area contributed by atoms with Gasteiger partial charge in [0.05, 0.1) is 6.10 Å². The molecule has 0 heterocycles. The van der Waals surface area contributed by atoms with Gasteiger partial charge in [0.2, 0.25) is 0 Å². The van der Waals surface area contributed by atoms with Crippen molar-refractivity contribution in [3.63, 3.8) is 0 Å². The zero-order valence-electron chi connectivity index (χ0n) is 10.5. The second kappa shape index (κ2) is 4.48. The van der Waals surface area contributed by atoms with Gasteiger partial charge in [-0.15, -0.1) is 0 Å². The van der Waals surface area contributed by atoms with Crippen molar-refractivity contribution in [1.29, 1.82) is 0 Å². The van der Waals surface area contributed by atoms with Crippen LogP contribution in [0.3, 0.4) is 0 Å². The van der Waals surface area contributed by atoms with Crippen LogP contribution < -0.4 is 0 Å². The van der Waals surface area contributed by atoms with E-state index < -0.39 is 0 Å². The van der Waals surface area contributed by atoms with Crippen LogP contribution in [0, 0.1) is 23.2 Å². The van der Waals surface area contributed by atoms with Gasteiger partial charge in [-0.3, -0.25) is 0 Å². The molecular formula is C14H24O2. The van der Waals surface area contributed by atoms with E-state index in [0.717, 1.165) is 25.5 Å². The molecule has 1 N–H and O–H groups in total. The van der Waals surface area contributed by atoms with Crippen molar-refractivity contribution in [3.8, 4) is 0 Å². The monoisotopic (exact) mass is 224 g/mol. The van der Waals surface area contributed by atoms with Crippen LogP contribution in [0.2, 0.25) is 0 Å². The average Bonchev–Trinajstić information content (AvgIpc) is 2.57. The first-order chi connectivity index (χ1) is 7.59. The summed E-state index contributed by atoms with van der Waals surface area (Å²) in [6.07, 6.45) is 7.38. The van der Waals surface area contributed by atoms with Gasteiger partial charge in [0.25, 0.3) is 0 Å². The van der Waals surface area contributed by atoms with Gasteiger partial charge in [-0.05, 0) is 48.9 Å². The van der Waals surface area contributed by atoms with E-state index in [0.29, 0.717) is 29.6 Å². The van der Waals surface area contributed by atoms with E-state index in [1.54, 1.807) is 0 Å². The van der Waals surface area contributed by atoms with E-state index in [1.165, 1.54) is 12.8 Å². The smallest absolute Gasteiger partial charge is 0.120 e. The Labute approximate surface area is 98.4 Å². The van der Waals surface area contributed by atoms with Gasteiger partial charge in [0.1, 0.15) is 6.29 Å². The molecule has 0 aliphatic heterocycles. The fourth-order valence-electron chi connectivity index (χ4n) is 4.44. The molecule has 2 nitrogen and oxygen atoms in total. The maximum Gasteiger partial charge on any atom is 0.120 e. The predicted octanol–water partition coefficient (Wildman–Crippen LogP) is 2.79. The topological polar surface area (TPSA) is 37.3 Å². The van der Waals surface area contributed by atoms with Crippen molar-refractivity contribution in [2.45, 2.75) is 58.5 Å². The van der Waals surface area contributed by atoms with Gasteiger partial charge in [-0.25, -0.2) is 0 Å². The van der Waals surface area contributed by atoms with E-state index >= 15 is 0 Å². The van der Waals surface area contributed by atoms with E-state index in [1.807, 2.05) is 0 Å². The zero-order chi connectivity index (χ0) is 11.8. The van der Waals surface area contributed by atoms with Crippen molar-refractivity contribution >= 4 is 6.29 Å². The van der Waals surface area contributed by atoms with Crippen molar-refractivity contribution in [2.24, 2.45) is 23.2 Å². The molecule has 0 bridgehead atoms. The summed E-state index contributed by atoms with van der Waals surface area (Å²) in [5.74, 6) is 1.61. The molecule has 0 spiro atoms. The molecule has 0 amide bonds. The molecule has 2 aliphatic carbocycles. The molecule has 0 aromatic rings. The highest BCUT2D eigenvalue weighted by atomic mass is 16.3. The summed E-state index contributed by atoms with van der Waals surface area (Å²) in [5.41, 5.74) is 0.292. The Morgan fingerprint density at radius 1 is 1.44 bits per heavy atom. The number of aliphatic hydroxyl groups excluding tert-OH is 1. The van der Waals surface area contributed by atoms with Crippen LogP contribution in [0.5, 0.6) is 0 Å². The van der Waals surface area contributed by atoms with Crippen LogP contribution in [-0.4, -0.2) is 17.5 Å². The maximum absolute atomic E-state index is 10.7. The van der Waals surface area contributed by atoms with E-state index in [2.05, 4.69) is 13.8 Å². The highest BCUT2D eigenvalue weighted by molar-refractivity contribution is 5.49. The number of hydrogen-bond donors (Lipinski definition) is 1. The third kappa shape index (κ3) is 1.81. The number of aldehydes is 1. The number of fused-ring (bicyclic) bond motifs is 1. The first-order valence-electron chi connectivity index (χ1n) is 6.71. The minimum Gasteiger partial charge on any atom is -0.393 e. The third-order valence-corrected chi connectivity index (χ3v) is 5.32. The van der Waals surface area contributed by atoms with Crippen LogP contribution in [-0.2, 0) is 4.79 Å². The average molecular weight is 224 g/mol. The van der Waals surface area contributed by atoms with Gasteiger partial charge in [-0.1, -0.05) is 20.3 Å². The van der Waals surface area contributed by atoms with Crippen molar-refractivity contribution < 1.29 is 9.90 Å². The highest BCUT2D eigenvalue weighted by Crippen LogP contribution is 2.57. The van der Waals surface area contributed by atoms with Crippen LogP contribution >= 0.6 is 0 Å². The van der Waals surface area contributed by atoms with E-state index in [-0.39, 0.29) is 6.10 Å². The van der Waals surface area contributed by atoms with Gasteiger partial charge >= 0.3 is 0 Å². The minimum atomic E-state index is -0.0906.